The van der Waals surface area contributed by atoms with Crippen molar-refractivity contribution in [2.45, 2.75) is 20.3 Å². The Labute approximate surface area is 121 Å². The van der Waals surface area contributed by atoms with Gasteiger partial charge in [-0.25, -0.2) is 9.50 Å². The monoisotopic (exact) mass is 282 g/mol. The van der Waals surface area contributed by atoms with Crippen molar-refractivity contribution in [2.75, 3.05) is 5.32 Å². The van der Waals surface area contributed by atoms with E-state index in [1.807, 2.05) is 19.9 Å². The van der Waals surface area contributed by atoms with Crippen LogP contribution in [0.1, 0.15) is 17.2 Å². The zero-order valence-electron chi connectivity index (χ0n) is 11.7. The van der Waals surface area contributed by atoms with E-state index >= 15 is 0 Å². The molecule has 7 nitrogen and oxygen atoms in total. The summed E-state index contributed by atoms with van der Waals surface area (Å²) in [6.45, 7) is 3.83. The van der Waals surface area contributed by atoms with E-state index in [9.17, 15) is 4.79 Å². The molecule has 106 valence electrons. The first-order valence-corrected chi connectivity index (χ1v) is 6.51. The van der Waals surface area contributed by atoms with Crippen molar-refractivity contribution < 1.29 is 4.79 Å². The Hall–Kier alpha value is -2.83. The van der Waals surface area contributed by atoms with E-state index in [0.29, 0.717) is 17.3 Å². The number of anilines is 1. The average molecular weight is 282 g/mol. The van der Waals surface area contributed by atoms with Crippen molar-refractivity contribution in [3.05, 3.63) is 47.8 Å². The van der Waals surface area contributed by atoms with Crippen LogP contribution >= 0.6 is 0 Å². The van der Waals surface area contributed by atoms with Crippen LogP contribution in [0.2, 0.25) is 0 Å². The summed E-state index contributed by atoms with van der Waals surface area (Å²) in [6, 6.07) is 5.45. The minimum Gasteiger partial charge on any atom is -0.324 e. The Morgan fingerprint density at radius 2 is 2.19 bits per heavy atom. The van der Waals surface area contributed by atoms with Gasteiger partial charge >= 0.3 is 0 Å². The maximum Gasteiger partial charge on any atom is 0.252 e. The highest BCUT2D eigenvalue weighted by Gasteiger charge is 2.11. The van der Waals surface area contributed by atoms with Gasteiger partial charge in [-0.2, -0.15) is 4.98 Å². The van der Waals surface area contributed by atoms with Crippen molar-refractivity contribution in [1.29, 1.82) is 0 Å². The molecule has 0 spiro atoms. The third-order valence-electron chi connectivity index (χ3n) is 2.93. The topological polar surface area (TPSA) is 85.1 Å². The van der Waals surface area contributed by atoms with E-state index in [2.05, 4.69) is 25.4 Å². The maximum absolute atomic E-state index is 12.0. The molecule has 3 rings (SSSR count). The number of rotatable bonds is 3. The number of fused-ring (bicyclic) bond motifs is 1. The summed E-state index contributed by atoms with van der Waals surface area (Å²) in [5, 5.41) is 7.05. The molecule has 0 fully saturated rings. The normalized spacial score (nSPS) is 10.8. The van der Waals surface area contributed by atoms with Crippen LogP contribution in [0.25, 0.3) is 5.78 Å². The number of aryl methyl sites for hydroxylation is 2. The highest BCUT2D eigenvalue weighted by Crippen LogP contribution is 2.07. The third kappa shape index (κ3) is 2.86. The molecular weight excluding hydrogens is 268 g/mol. The van der Waals surface area contributed by atoms with Crippen molar-refractivity contribution in [3.8, 4) is 0 Å². The van der Waals surface area contributed by atoms with Crippen molar-refractivity contribution in [3.63, 3.8) is 0 Å². The van der Waals surface area contributed by atoms with Crippen LogP contribution in [-0.2, 0) is 11.2 Å². The van der Waals surface area contributed by atoms with Crippen LogP contribution in [0.3, 0.4) is 0 Å². The van der Waals surface area contributed by atoms with E-state index < -0.39 is 0 Å². The van der Waals surface area contributed by atoms with Crippen molar-refractivity contribution in [2.24, 2.45) is 0 Å². The lowest BCUT2D eigenvalue weighted by atomic mass is 10.3. The number of hydrogen-bond donors (Lipinski definition) is 1. The predicted molar refractivity (Wildman–Crippen MR) is 76.8 cm³/mol. The molecule has 0 saturated carbocycles. The fourth-order valence-electron chi connectivity index (χ4n) is 2.07. The average Bonchev–Trinajstić information content (AvgIpc) is 2.82. The molecule has 0 unspecified atom stereocenters. The Bertz CT molecular complexity index is 796. The lowest BCUT2D eigenvalue weighted by molar-refractivity contribution is -0.115. The minimum atomic E-state index is -0.187. The van der Waals surface area contributed by atoms with Gasteiger partial charge in [0.15, 0.2) is 5.82 Å². The van der Waals surface area contributed by atoms with E-state index in [0.717, 1.165) is 11.4 Å². The van der Waals surface area contributed by atoms with Crippen LogP contribution in [0.4, 0.5) is 5.69 Å². The Balaban J connectivity index is 1.79. The van der Waals surface area contributed by atoms with Crippen LogP contribution in [0.15, 0.2) is 30.6 Å². The smallest absolute Gasteiger partial charge is 0.252 e. The molecule has 0 saturated heterocycles. The summed E-state index contributed by atoms with van der Waals surface area (Å²) in [5.74, 6) is 0.766. The number of nitrogens with one attached hydrogen (secondary N) is 1. The van der Waals surface area contributed by atoms with Gasteiger partial charge < -0.3 is 5.32 Å². The second kappa shape index (κ2) is 5.28. The highest BCUT2D eigenvalue weighted by atomic mass is 16.1. The van der Waals surface area contributed by atoms with E-state index in [1.165, 1.54) is 0 Å². The zero-order chi connectivity index (χ0) is 14.8. The lowest BCUT2D eigenvalue weighted by Crippen LogP contribution is -2.15. The number of hydrogen-bond acceptors (Lipinski definition) is 5. The number of pyridine rings is 1. The number of aromatic nitrogens is 5. The molecular formula is C14H14N6O. The molecule has 0 aliphatic heterocycles. The first kappa shape index (κ1) is 13.2. The van der Waals surface area contributed by atoms with Gasteiger partial charge in [-0.1, -0.05) is 0 Å². The van der Waals surface area contributed by atoms with Gasteiger partial charge in [0.2, 0.25) is 5.91 Å². The summed E-state index contributed by atoms with van der Waals surface area (Å²) in [6.07, 6.45) is 3.33. The van der Waals surface area contributed by atoms with Crippen molar-refractivity contribution >= 4 is 17.4 Å². The zero-order valence-corrected chi connectivity index (χ0v) is 11.7. The van der Waals surface area contributed by atoms with E-state index in [-0.39, 0.29) is 12.3 Å². The fraction of sp³-hybridized carbons (Fsp3) is 0.214. The summed E-state index contributed by atoms with van der Waals surface area (Å²) in [4.78, 5) is 24.5. The molecule has 1 N–H and O–H groups in total. The SMILES string of the molecule is Cc1cc(C)n2nc(CC(=O)Nc3cccnc3)nc2n1. The van der Waals surface area contributed by atoms with Crippen LogP contribution in [0.5, 0.6) is 0 Å². The standard InChI is InChI=1S/C14H14N6O/c1-9-6-10(2)20-14(16-9)18-12(19-20)7-13(21)17-11-4-3-5-15-8-11/h3-6,8H,7H2,1-2H3,(H,17,21). The quantitative estimate of drug-likeness (QED) is 0.783. The predicted octanol–water partition coefficient (Wildman–Crippen LogP) is 1.32. The van der Waals surface area contributed by atoms with Crippen molar-refractivity contribution in [1.82, 2.24) is 24.6 Å². The molecule has 0 aliphatic carbocycles. The highest BCUT2D eigenvalue weighted by molar-refractivity contribution is 5.91. The van der Waals surface area contributed by atoms with Gasteiger partial charge in [0.1, 0.15) is 0 Å². The van der Waals surface area contributed by atoms with E-state index in [4.69, 9.17) is 0 Å². The maximum atomic E-state index is 12.0. The lowest BCUT2D eigenvalue weighted by Gasteiger charge is -2.01. The third-order valence-corrected chi connectivity index (χ3v) is 2.93. The molecule has 7 heteroatoms. The molecule has 3 aromatic rings. The minimum absolute atomic E-state index is 0.0940. The number of amides is 1. The number of carbonyl (C=O) groups is 1. The summed E-state index contributed by atoms with van der Waals surface area (Å²) in [5.41, 5.74) is 2.46. The molecule has 3 aromatic heterocycles. The van der Waals surface area contributed by atoms with Gasteiger partial charge in [0, 0.05) is 17.6 Å². The second-order valence-corrected chi connectivity index (χ2v) is 4.75. The first-order valence-electron chi connectivity index (χ1n) is 6.51. The van der Waals surface area contributed by atoms with Gasteiger partial charge in [0.25, 0.3) is 5.78 Å². The molecule has 0 bridgehead atoms. The van der Waals surface area contributed by atoms with E-state index in [1.54, 1.807) is 29.0 Å². The van der Waals surface area contributed by atoms with Gasteiger partial charge in [-0.15, -0.1) is 5.10 Å². The Kier molecular flexibility index (Phi) is 3.31. The second-order valence-electron chi connectivity index (χ2n) is 4.75. The summed E-state index contributed by atoms with van der Waals surface area (Å²) >= 11 is 0. The largest absolute Gasteiger partial charge is 0.324 e. The summed E-state index contributed by atoms with van der Waals surface area (Å²) < 4.78 is 1.64. The Morgan fingerprint density at radius 3 is 2.95 bits per heavy atom. The van der Waals surface area contributed by atoms with Crippen LogP contribution in [-0.4, -0.2) is 30.5 Å². The number of carbonyl (C=O) groups excluding carboxylic acids is 1. The molecule has 0 atom stereocenters. The molecule has 0 aromatic carbocycles. The first-order chi connectivity index (χ1) is 10.1. The van der Waals surface area contributed by atoms with Gasteiger partial charge in [-0.05, 0) is 32.0 Å². The Morgan fingerprint density at radius 1 is 1.33 bits per heavy atom. The van der Waals surface area contributed by atoms with Gasteiger partial charge in [0.05, 0.1) is 18.3 Å². The summed E-state index contributed by atoms with van der Waals surface area (Å²) in [7, 11) is 0. The number of nitrogens with zero attached hydrogens (tertiary/aromatic N) is 5. The molecule has 3 heterocycles. The van der Waals surface area contributed by atoms with Gasteiger partial charge in [-0.3, -0.25) is 9.78 Å². The van der Waals surface area contributed by atoms with Crippen LogP contribution < -0.4 is 5.32 Å². The fourth-order valence-corrected chi connectivity index (χ4v) is 2.07. The molecule has 0 aliphatic rings. The molecule has 1 amide bonds. The van der Waals surface area contributed by atoms with Crippen LogP contribution in [0, 0.1) is 13.8 Å². The molecule has 0 radical (unpaired) electrons. The molecule has 21 heavy (non-hydrogen) atoms.